The van der Waals surface area contributed by atoms with Gasteiger partial charge in [0.15, 0.2) is 0 Å². The Balaban J connectivity index is 2.08. The minimum absolute atomic E-state index is 0.0533. The van der Waals surface area contributed by atoms with Gasteiger partial charge in [-0.2, -0.15) is 0 Å². The molecule has 1 spiro atoms. The van der Waals surface area contributed by atoms with E-state index in [2.05, 4.69) is 27.7 Å². The number of esters is 2. The van der Waals surface area contributed by atoms with E-state index in [0.29, 0.717) is 6.42 Å². The molecule has 0 aromatic heterocycles. The van der Waals surface area contributed by atoms with Gasteiger partial charge in [0.05, 0.1) is 0 Å². The Labute approximate surface area is 145 Å². The lowest BCUT2D eigenvalue weighted by Crippen LogP contribution is -2.68. The predicted octanol–water partition coefficient (Wildman–Crippen LogP) is 4.26. The van der Waals surface area contributed by atoms with Crippen molar-refractivity contribution >= 4 is 11.9 Å². The van der Waals surface area contributed by atoms with Gasteiger partial charge in [-0.3, -0.25) is 9.59 Å². The van der Waals surface area contributed by atoms with Crippen LogP contribution in [0.1, 0.15) is 79.6 Å². The second-order valence-electron chi connectivity index (χ2n) is 9.24. The first-order valence-electron chi connectivity index (χ1n) is 9.51. The van der Waals surface area contributed by atoms with Crippen LogP contribution < -0.4 is 0 Å². The van der Waals surface area contributed by atoms with Crippen molar-refractivity contribution in [1.29, 1.82) is 0 Å². The number of carbonyl (C=O) groups excluding carboxylic acids is 2. The fourth-order valence-corrected chi connectivity index (χ4v) is 6.59. The average molecular weight is 336 g/mol. The molecule has 0 N–H and O–H groups in total. The summed E-state index contributed by atoms with van der Waals surface area (Å²) in [6.45, 7) is 10.6. The average Bonchev–Trinajstić information content (AvgIpc) is 2.43. The van der Waals surface area contributed by atoms with Gasteiger partial charge in [0.2, 0.25) is 0 Å². The Hall–Kier alpha value is -1.06. The molecular weight excluding hydrogens is 304 g/mol. The highest BCUT2D eigenvalue weighted by Crippen LogP contribution is 2.66. The maximum atomic E-state index is 12.2. The Morgan fingerprint density at radius 1 is 1.17 bits per heavy atom. The Morgan fingerprint density at radius 3 is 2.50 bits per heavy atom. The summed E-state index contributed by atoms with van der Waals surface area (Å²) in [5.74, 6) is 0.181. The molecule has 2 aliphatic carbocycles. The quantitative estimate of drug-likeness (QED) is 0.672. The first-order valence-corrected chi connectivity index (χ1v) is 9.51. The zero-order chi connectivity index (χ0) is 17.8. The molecule has 0 radical (unpaired) electrons. The summed E-state index contributed by atoms with van der Waals surface area (Å²) in [6.07, 6.45) is 6.39. The van der Waals surface area contributed by atoms with Crippen LogP contribution in [0.5, 0.6) is 0 Å². The second-order valence-corrected chi connectivity index (χ2v) is 9.24. The maximum absolute atomic E-state index is 12.2. The number of ether oxygens (including phenoxy) is 2. The van der Waals surface area contributed by atoms with Gasteiger partial charge >= 0.3 is 11.9 Å². The molecule has 1 saturated heterocycles. The van der Waals surface area contributed by atoms with Crippen LogP contribution in [0.15, 0.2) is 0 Å². The molecule has 0 bridgehead atoms. The maximum Gasteiger partial charge on any atom is 0.306 e. The van der Waals surface area contributed by atoms with Crippen LogP contribution in [-0.4, -0.2) is 23.6 Å². The van der Waals surface area contributed by atoms with Crippen molar-refractivity contribution in [1.82, 2.24) is 0 Å². The van der Waals surface area contributed by atoms with Crippen LogP contribution in [0.4, 0.5) is 0 Å². The molecule has 0 aromatic carbocycles. The van der Waals surface area contributed by atoms with Gasteiger partial charge in [-0.15, -0.1) is 0 Å². The molecule has 136 valence electrons. The van der Waals surface area contributed by atoms with Gasteiger partial charge < -0.3 is 9.47 Å². The van der Waals surface area contributed by atoms with Crippen LogP contribution in [0, 0.1) is 22.7 Å². The van der Waals surface area contributed by atoms with E-state index in [1.807, 2.05) is 0 Å². The normalized spacial score (nSPS) is 44.5. The molecule has 3 aliphatic rings. The lowest BCUT2D eigenvalue weighted by Gasteiger charge is -2.66. The topological polar surface area (TPSA) is 52.6 Å². The van der Waals surface area contributed by atoms with Crippen LogP contribution in [0.25, 0.3) is 0 Å². The number of rotatable bonds is 1. The van der Waals surface area contributed by atoms with Crippen LogP contribution >= 0.6 is 0 Å². The fourth-order valence-electron chi connectivity index (χ4n) is 6.59. The van der Waals surface area contributed by atoms with Gasteiger partial charge in [-0.1, -0.05) is 34.1 Å². The number of hydrogen-bond acceptors (Lipinski definition) is 4. The molecule has 4 heteroatoms. The number of fused-ring (bicyclic) bond motifs is 2. The second kappa shape index (κ2) is 5.74. The summed E-state index contributed by atoms with van der Waals surface area (Å²) in [4.78, 5) is 23.9. The van der Waals surface area contributed by atoms with Crippen molar-refractivity contribution < 1.29 is 19.1 Å². The third kappa shape index (κ3) is 2.48. The third-order valence-corrected chi connectivity index (χ3v) is 7.31. The standard InChI is InChI=1S/C20H32O4/c1-13-12-15(23-14(2)21)17-18(3,4)9-7-10-19(17,5)20(13)11-6-8-16(22)24-20/h13,15,17H,6-12H2,1-5H3. The van der Waals surface area contributed by atoms with E-state index in [1.54, 1.807) is 0 Å². The van der Waals surface area contributed by atoms with Gasteiger partial charge in [-0.05, 0) is 37.5 Å². The SMILES string of the molecule is CC(=O)OC1CC(C)C2(CCCC(=O)O2)C2(C)CCCC(C)(C)C12. The minimum atomic E-state index is -0.401. The fraction of sp³-hybridized carbons (Fsp3) is 0.900. The smallest absolute Gasteiger partial charge is 0.306 e. The van der Waals surface area contributed by atoms with Crippen molar-refractivity contribution in [3.05, 3.63) is 0 Å². The lowest BCUT2D eigenvalue weighted by molar-refractivity contribution is -0.267. The van der Waals surface area contributed by atoms with E-state index < -0.39 is 5.60 Å². The third-order valence-electron chi connectivity index (χ3n) is 7.31. The molecule has 4 nitrogen and oxygen atoms in total. The molecule has 2 saturated carbocycles. The van der Waals surface area contributed by atoms with Crippen molar-refractivity contribution in [2.24, 2.45) is 22.7 Å². The molecule has 1 aliphatic heterocycles. The van der Waals surface area contributed by atoms with E-state index >= 15 is 0 Å². The summed E-state index contributed by atoms with van der Waals surface area (Å²) >= 11 is 0. The molecular formula is C20H32O4. The summed E-state index contributed by atoms with van der Waals surface area (Å²) in [5, 5.41) is 0. The molecule has 0 amide bonds. The molecule has 3 rings (SSSR count). The highest BCUT2D eigenvalue weighted by atomic mass is 16.6. The minimum Gasteiger partial charge on any atom is -0.462 e. The van der Waals surface area contributed by atoms with E-state index in [4.69, 9.17) is 9.47 Å². The van der Waals surface area contributed by atoms with Crippen molar-refractivity contribution in [3.8, 4) is 0 Å². The molecule has 3 fully saturated rings. The highest BCUT2D eigenvalue weighted by molar-refractivity contribution is 5.71. The van der Waals surface area contributed by atoms with Gasteiger partial charge in [-0.25, -0.2) is 0 Å². The molecule has 0 aromatic rings. The van der Waals surface area contributed by atoms with E-state index in [9.17, 15) is 9.59 Å². The zero-order valence-electron chi connectivity index (χ0n) is 15.8. The van der Waals surface area contributed by atoms with E-state index in [1.165, 1.54) is 6.92 Å². The first kappa shape index (κ1) is 17.8. The van der Waals surface area contributed by atoms with Gasteiger partial charge in [0, 0.05) is 30.6 Å². The Bertz CT molecular complexity index is 540. The Morgan fingerprint density at radius 2 is 1.88 bits per heavy atom. The molecule has 24 heavy (non-hydrogen) atoms. The monoisotopic (exact) mass is 336 g/mol. The first-order chi connectivity index (χ1) is 11.1. The molecule has 1 heterocycles. The van der Waals surface area contributed by atoms with Crippen molar-refractivity contribution in [3.63, 3.8) is 0 Å². The number of carbonyl (C=O) groups is 2. The van der Waals surface area contributed by atoms with Crippen molar-refractivity contribution in [2.75, 3.05) is 0 Å². The number of hydrogen-bond donors (Lipinski definition) is 0. The van der Waals surface area contributed by atoms with Gasteiger partial charge in [0.1, 0.15) is 11.7 Å². The summed E-state index contributed by atoms with van der Waals surface area (Å²) in [7, 11) is 0. The summed E-state index contributed by atoms with van der Waals surface area (Å²) < 4.78 is 12.0. The van der Waals surface area contributed by atoms with E-state index in [0.717, 1.165) is 38.5 Å². The van der Waals surface area contributed by atoms with E-state index in [-0.39, 0.29) is 40.7 Å². The largest absolute Gasteiger partial charge is 0.462 e. The van der Waals surface area contributed by atoms with Crippen LogP contribution in [0.3, 0.4) is 0 Å². The predicted molar refractivity (Wildman–Crippen MR) is 91.2 cm³/mol. The van der Waals surface area contributed by atoms with Gasteiger partial charge in [0.25, 0.3) is 0 Å². The summed E-state index contributed by atoms with van der Waals surface area (Å²) in [5.41, 5.74) is -0.464. The van der Waals surface area contributed by atoms with Crippen LogP contribution in [-0.2, 0) is 19.1 Å². The summed E-state index contributed by atoms with van der Waals surface area (Å²) in [6, 6.07) is 0. The Kier molecular flexibility index (Phi) is 4.25. The van der Waals surface area contributed by atoms with Crippen LogP contribution in [0.2, 0.25) is 0 Å². The zero-order valence-corrected chi connectivity index (χ0v) is 15.8. The molecule has 5 unspecified atom stereocenters. The lowest BCUT2D eigenvalue weighted by atomic mass is 9.43. The van der Waals surface area contributed by atoms with Crippen molar-refractivity contribution in [2.45, 2.75) is 91.3 Å². The molecule has 5 atom stereocenters. The highest BCUT2D eigenvalue weighted by Gasteiger charge is 2.67.